The van der Waals surface area contributed by atoms with Crippen LogP contribution in [0.3, 0.4) is 0 Å². The van der Waals surface area contributed by atoms with Crippen molar-refractivity contribution >= 4 is 41.5 Å². The first-order chi connectivity index (χ1) is 15.5. The Morgan fingerprint density at radius 2 is 1.91 bits per heavy atom. The number of para-hydroxylation sites is 1. The van der Waals surface area contributed by atoms with E-state index in [2.05, 4.69) is 51.3 Å². The molecule has 0 radical (unpaired) electrons. The summed E-state index contributed by atoms with van der Waals surface area (Å²) in [7, 11) is 1.94. The monoisotopic (exact) mass is 559 g/mol. The third-order valence-corrected chi connectivity index (χ3v) is 5.84. The van der Waals surface area contributed by atoms with Gasteiger partial charge in [-0.3, -0.25) is 4.79 Å². The maximum Gasteiger partial charge on any atom is 0.225 e. The standard InChI is InChI=1S/C24H29N7O.HI/c1-16(18-9-5-4-6-10-18)27-24(26-15-22-30-29-17(2)31(22)3)25-14-19-13-23(32)28-21-12-8-7-11-20(19)21;/h4-12,16,19H,13-15H2,1-3H3,(H,28,32)(H2,25,26,27);1H. The van der Waals surface area contributed by atoms with Crippen molar-refractivity contribution in [3.63, 3.8) is 0 Å². The summed E-state index contributed by atoms with van der Waals surface area (Å²) in [5.74, 6) is 2.41. The van der Waals surface area contributed by atoms with Gasteiger partial charge in [-0.15, -0.1) is 34.2 Å². The van der Waals surface area contributed by atoms with E-state index in [9.17, 15) is 4.79 Å². The highest BCUT2D eigenvalue weighted by atomic mass is 127. The predicted octanol–water partition coefficient (Wildman–Crippen LogP) is 3.66. The van der Waals surface area contributed by atoms with E-state index < -0.39 is 0 Å². The number of amides is 1. The number of benzene rings is 2. The molecule has 2 atom stereocenters. The van der Waals surface area contributed by atoms with Gasteiger partial charge in [-0.1, -0.05) is 48.5 Å². The number of nitrogens with one attached hydrogen (secondary N) is 3. The van der Waals surface area contributed by atoms with Crippen molar-refractivity contribution in [2.45, 2.75) is 38.8 Å². The minimum atomic E-state index is 0. The van der Waals surface area contributed by atoms with E-state index >= 15 is 0 Å². The minimum absolute atomic E-state index is 0. The summed E-state index contributed by atoms with van der Waals surface area (Å²) in [5, 5.41) is 18.2. The summed E-state index contributed by atoms with van der Waals surface area (Å²) in [6.07, 6.45) is 0.439. The molecule has 0 bridgehead atoms. The Kier molecular flexibility index (Phi) is 8.43. The van der Waals surface area contributed by atoms with Crippen molar-refractivity contribution in [3.8, 4) is 0 Å². The highest BCUT2D eigenvalue weighted by molar-refractivity contribution is 14.0. The largest absolute Gasteiger partial charge is 0.356 e. The van der Waals surface area contributed by atoms with Gasteiger partial charge in [0.2, 0.25) is 5.91 Å². The third kappa shape index (κ3) is 6.10. The average Bonchev–Trinajstić information content (AvgIpc) is 3.13. The van der Waals surface area contributed by atoms with Crippen LogP contribution in [0, 0.1) is 6.92 Å². The van der Waals surface area contributed by atoms with E-state index in [1.54, 1.807) is 0 Å². The molecule has 174 valence electrons. The number of hydrogen-bond acceptors (Lipinski definition) is 4. The number of aryl methyl sites for hydroxylation is 1. The second-order valence-electron chi connectivity index (χ2n) is 8.08. The minimum Gasteiger partial charge on any atom is -0.356 e. The predicted molar refractivity (Wildman–Crippen MR) is 141 cm³/mol. The van der Waals surface area contributed by atoms with Gasteiger partial charge in [-0.05, 0) is 31.0 Å². The molecule has 2 heterocycles. The number of carbonyl (C=O) groups is 1. The number of rotatable bonds is 6. The van der Waals surface area contributed by atoms with Crippen LogP contribution in [-0.2, 0) is 18.4 Å². The fraction of sp³-hybridized carbons (Fsp3) is 0.333. The first-order valence-corrected chi connectivity index (χ1v) is 10.8. The van der Waals surface area contributed by atoms with Crippen molar-refractivity contribution in [1.29, 1.82) is 0 Å². The smallest absolute Gasteiger partial charge is 0.225 e. The summed E-state index contributed by atoms with van der Waals surface area (Å²) in [5.41, 5.74) is 3.19. The topological polar surface area (TPSA) is 96.2 Å². The van der Waals surface area contributed by atoms with E-state index in [0.717, 1.165) is 22.9 Å². The molecule has 1 amide bonds. The van der Waals surface area contributed by atoms with Gasteiger partial charge in [-0.25, -0.2) is 4.99 Å². The van der Waals surface area contributed by atoms with Gasteiger partial charge < -0.3 is 20.5 Å². The van der Waals surface area contributed by atoms with Crippen molar-refractivity contribution < 1.29 is 4.79 Å². The van der Waals surface area contributed by atoms with Gasteiger partial charge in [-0.2, -0.15) is 0 Å². The van der Waals surface area contributed by atoms with Gasteiger partial charge >= 0.3 is 0 Å². The Morgan fingerprint density at radius 3 is 2.64 bits per heavy atom. The number of hydrogen-bond donors (Lipinski definition) is 3. The fourth-order valence-corrected chi connectivity index (χ4v) is 3.82. The van der Waals surface area contributed by atoms with E-state index in [0.29, 0.717) is 25.5 Å². The maximum atomic E-state index is 12.2. The lowest BCUT2D eigenvalue weighted by Crippen LogP contribution is -2.41. The second-order valence-corrected chi connectivity index (χ2v) is 8.08. The number of aliphatic imine (C=N–C) groups is 1. The van der Waals surface area contributed by atoms with Crippen molar-refractivity contribution in [2.75, 3.05) is 11.9 Å². The van der Waals surface area contributed by atoms with Crippen LogP contribution in [0.4, 0.5) is 5.69 Å². The molecule has 2 unspecified atom stereocenters. The molecule has 4 rings (SSSR count). The van der Waals surface area contributed by atoms with Gasteiger partial charge in [0.15, 0.2) is 11.8 Å². The molecule has 1 aliphatic heterocycles. The van der Waals surface area contributed by atoms with Crippen LogP contribution in [0.25, 0.3) is 0 Å². The molecule has 0 aliphatic carbocycles. The highest BCUT2D eigenvalue weighted by Gasteiger charge is 2.25. The molecule has 0 spiro atoms. The molecule has 1 aromatic heterocycles. The van der Waals surface area contributed by atoms with Crippen LogP contribution in [0.1, 0.15) is 48.1 Å². The van der Waals surface area contributed by atoms with Gasteiger partial charge in [0.25, 0.3) is 0 Å². The van der Waals surface area contributed by atoms with Crippen molar-refractivity contribution in [2.24, 2.45) is 12.0 Å². The van der Waals surface area contributed by atoms with Crippen molar-refractivity contribution in [3.05, 3.63) is 77.4 Å². The fourth-order valence-electron chi connectivity index (χ4n) is 3.82. The number of anilines is 1. The van der Waals surface area contributed by atoms with Crippen LogP contribution in [-0.4, -0.2) is 33.2 Å². The number of guanidine groups is 1. The molecule has 0 fully saturated rings. The normalized spacial score (nSPS) is 16.3. The number of halogens is 1. The summed E-state index contributed by atoms with van der Waals surface area (Å²) >= 11 is 0. The van der Waals surface area contributed by atoms with Crippen LogP contribution in [0.5, 0.6) is 0 Å². The van der Waals surface area contributed by atoms with Crippen molar-refractivity contribution in [1.82, 2.24) is 25.4 Å². The molecule has 3 aromatic rings. The number of carbonyl (C=O) groups excluding carboxylic acids is 1. The zero-order valence-electron chi connectivity index (χ0n) is 19.1. The van der Waals surface area contributed by atoms with Crippen LogP contribution in [0.2, 0.25) is 0 Å². The zero-order chi connectivity index (χ0) is 22.5. The molecule has 33 heavy (non-hydrogen) atoms. The molecule has 1 aliphatic rings. The molecular formula is C24H30IN7O. The Labute approximate surface area is 211 Å². The van der Waals surface area contributed by atoms with E-state index in [1.165, 1.54) is 5.56 Å². The quantitative estimate of drug-likeness (QED) is 0.244. The number of fused-ring (bicyclic) bond motifs is 1. The molecule has 8 nitrogen and oxygen atoms in total. The van der Waals surface area contributed by atoms with Crippen LogP contribution >= 0.6 is 24.0 Å². The first-order valence-electron chi connectivity index (χ1n) is 10.8. The Morgan fingerprint density at radius 1 is 1.18 bits per heavy atom. The van der Waals surface area contributed by atoms with E-state index in [4.69, 9.17) is 4.99 Å². The van der Waals surface area contributed by atoms with Crippen LogP contribution < -0.4 is 16.0 Å². The molecule has 0 saturated heterocycles. The van der Waals surface area contributed by atoms with E-state index in [-0.39, 0.29) is 41.8 Å². The second kappa shape index (κ2) is 11.3. The summed E-state index contributed by atoms with van der Waals surface area (Å²) in [4.78, 5) is 17.0. The first kappa shape index (κ1) is 24.7. The summed E-state index contributed by atoms with van der Waals surface area (Å²) in [6, 6.07) is 18.2. The average molecular weight is 559 g/mol. The zero-order valence-corrected chi connectivity index (χ0v) is 21.4. The highest BCUT2D eigenvalue weighted by Crippen LogP contribution is 2.31. The third-order valence-electron chi connectivity index (χ3n) is 5.84. The lowest BCUT2D eigenvalue weighted by molar-refractivity contribution is -0.116. The van der Waals surface area contributed by atoms with Gasteiger partial charge in [0.1, 0.15) is 12.4 Å². The summed E-state index contributed by atoms with van der Waals surface area (Å²) in [6.45, 7) is 5.01. The lowest BCUT2D eigenvalue weighted by atomic mass is 9.90. The molecule has 3 N–H and O–H groups in total. The van der Waals surface area contributed by atoms with E-state index in [1.807, 2.05) is 54.9 Å². The summed E-state index contributed by atoms with van der Waals surface area (Å²) < 4.78 is 1.93. The molecule has 9 heteroatoms. The van der Waals surface area contributed by atoms with Gasteiger partial charge in [0, 0.05) is 31.6 Å². The molecule has 2 aromatic carbocycles. The molecule has 0 saturated carbocycles. The Hall–Kier alpha value is -2.95. The SMILES string of the molecule is Cc1nnc(CN=C(NCC2CC(=O)Nc3ccccc32)NC(C)c2ccccc2)n1C.I. The molecular weight excluding hydrogens is 529 g/mol. The number of aromatic nitrogens is 3. The van der Waals surface area contributed by atoms with Crippen LogP contribution in [0.15, 0.2) is 59.6 Å². The van der Waals surface area contributed by atoms with Gasteiger partial charge in [0.05, 0.1) is 6.04 Å². The Balaban J connectivity index is 0.00000306. The Bertz CT molecular complexity index is 1110. The lowest BCUT2D eigenvalue weighted by Gasteiger charge is -2.27. The maximum absolute atomic E-state index is 12.2. The number of nitrogens with zero attached hydrogens (tertiary/aromatic N) is 4.